The van der Waals surface area contributed by atoms with Crippen LogP contribution in [-0.4, -0.2) is 23.4 Å². The van der Waals surface area contributed by atoms with Crippen LogP contribution in [0.3, 0.4) is 0 Å². The third kappa shape index (κ3) is 2.08. The van der Waals surface area contributed by atoms with Crippen LogP contribution in [0.2, 0.25) is 0 Å². The minimum absolute atomic E-state index is 0.224. The zero-order valence-corrected chi connectivity index (χ0v) is 10.3. The van der Waals surface area contributed by atoms with E-state index in [1.807, 2.05) is 0 Å². The summed E-state index contributed by atoms with van der Waals surface area (Å²) in [6, 6.07) is 7.69. The maximum absolute atomic E-state index is 12.8. The fourth-order valence-electron chi connectivity index (χ4n) is 2.46. The molecule has 0 unspecified atom stereocenters. The summed E-state index contributed by atoms with van der Waals surface area (Å²) in [5.41, 5.74) is -0.272. The quantitative estimate of drug-likeness (QED) is 0.805. The number of hydrogen-bond donors (Lipinski definition) is 0. The van der Waals surface area contributed by atoms with Gasteiger partial charge in [-0.2, -0.15) is 5.26 Å². The lowest BCUT2D eigenvalue weighted by Gasteiger charge is -2.32. The minimum Gasteiger partial charge on any atom is -0.323 e. The highest BCUT2D eigenvalue weighted by molar-refractivity contribution is 5.94. The molecular formula is C14H15FN2O. The Morgan fingerprint density at radius 3 is 2.39 bits per heavy atom. The van der Waals surface area contributed by atoms with E-state index in [2.05, 4.69) is 6.07 Å². The first-order valence-corrected chi connectivity index (χ1v) is 6.04. The highest BCUT2D eigenvalue weighted by Gasteiger charge is 2.40. The molecule has 2 rings (SSSR count). The van der Waals surface area contributed by atoms with E-state index >= 15 is 0 Å². The summed E-state index contributed by atoms with van der Waals surface area (Å²) in [4.78, 5) is 13.8. The van der Waals surface area contributed by atoms with Gasteiger partial charge >= 0.3 is 0 Å². The smallest absolute Gasteiger partial charge is 0.254 e. The van der Waals surface area contributed by atoms with Gasteiger partial charge in [0.05, 0.1) is 6.07 Å². The molecule has 0 atom stereocenters. The molecule has 0 radical (unpaired) electrons. The molecule has 0 bridgehead atoms. The van der Waals surface area contributed by atoms with Crippen LogP contribution in [-0.2, 0) is 0 Å². The number of carbonyl (C=O) groups excluding carboxylic acids is 1. The van der Waals surface area contributed by atoms with E-state index in [9.17, 15) is 14.4 Å². The second-order valence-corrected chi connectivity index (χ2v) is 4.72. The van der Waals surface area contributed by atoms with Crippen molar-refractivity contribution in [2.24, 2.45) is 0 Å². The third-order valence-electron chi connectivity index (χ3n) is 3.68. The second kappa shape index (κ2) is 4.77. The molecule has 1 aliphatic carbocycles. The number of nitrogens with zero attached hydrogens (tertiary/aromatic N) is 2. The fourth-order valence-corrected chi connectivity index (χ4v) is 2.46. The molecule has 4 heteroatoms. The highest BCUT2D eigenvalue weighted by atomic mass is 19.1. The molecular weight excluding hydrogens is 231 g/mol. The largest absolute Gasteiger partial charge is 0.323 e. The normalized spacial score (nSPS) is 17.2. The Hall–Kier alpha value is -1.89. The van der Waals surface area contributed by atoms with Crippen LogP contribution >= 0.6 is 0 Å². The Bertz CT molecular complexity index is 484. The number of amides is 1. The van der Waals surface area contributed by atoms with Crippen LogP contribution in [0.25, 0.3) is 0 Å². The van der Waals surface area contributed by atoms with E-state index in [1.165, 1.54) is 29.2 Å². The summed E-state index contributed by atoms with van der Waals surface area (Å²) in [6.45, 7) is 0. The second-order valence-electron chi connectivity index (χ2n) is 4.72. The summed E-state index contributed by atoms with van der Waals surface area (Å²) in [6.07, 6.45) is 3.36. The van der Waals surface area contributed by atoms with Crippen LogP contribution in [0.4, 0.5) is 4.39 Å². The summed E-state index contributed by atoms with van der Waals surface area (Å²) >= 11 is 0. The van der Waals surface area contributed by atoms with Crippen molar-refractivity contribution in [1.29, 1.82) is 5.26 Å². The van der Waals surface area contributed by atoms with E-state index in [4.69, 9.17) is 0 Å². The van der Waals surface area contributed by atoms with Gasteiger partial charge in [-0.15, -0.1) is 0 Å². The average molecular weight is 246 g/mol. The van der Waals surface area contributed by atoms with E-state index < -0.39 is 5.54 Å². The standard InChI is InChI=1S/C14H15FN2O/c1-17(14(10-16)8-2-3-9-14)13(18)11-4-6-12(15)7-5-11/h4-7H,2-3,8-9H2,1H3. The van der Waals surface area contributed by atoms with Gasteiger partial charge in [-0.25, -0.2) is 4.39 Å². The van der Waals surface area contributed by atoms with Crippen LogP contribution in [0, 0.1) is 17.1 Å². The molecule has 1 aromatic rings. The molecule has 1 amide bonds. The molecule has 0 aromatic heterocycles. The Labute approximate surface area is 106 Å². The van der Waals surface area contributed by atoms with Gasteiger partial charge in [0.25, 0.3) is 5.91 Å². The molecule has 18 heavy (non-hydrogen) atoms. The van der Waals surface area contributed by atoms with Crippen LogP contribution in [0.5, 0.6) is 0 Å². The van der Waals surface area contributed by atoms with Crippen molar-refractivity contribution in [3.63, 3.8) is 0 Å². The fraction of sp³-hybridized carbons (Fsp3) is 0.429. The number of rotatable bonds is 2. The Morgan fingerprint density at radius 1 is 1.33 bits per heavy atom. The van der Waals surface area contributed by atoms with Gasteiger partial charge in [0.1, 0.15) is 11.4 Å². The lowest BCUT2D eigenvalue weighted by atomic mass is 9.96. The molecule has 1 saturated carbocycles. The predicted octanol–water partition coefficient (Wildman–Crippen LogP) is 2.73. The molecule has 0 aliphatic heterocycles. The Kier molecular flexibility index (Phi) is 3.33. The molecule has 0 spiro atoms. The first-order chi connectivity index (χ1) is 8.59. The molecule has 94 valence electrons. The van der Waals surface area contributed by atoms with Gasteiger partial charge in [0.15, 0.2) is 0 Å². The number of hydrogen-bond acceptors (Lipinski definition) is 2. The van der Waals surface area contributed by atoms with Crippen molar-refractivity contribution in [1.82, 2.24) is 4.90 Å². The SMILES string of the molecule is CN(C(=O)c1ccc(F)cc1)C1(C#N)CCCC1. The van der Waals surface area contributed by atoms with Crippen LogP contribution in [0.15, 0.2) is 24.3 Å². The van der Waals surface area contributed by atoms with Gasteiger partial charge in [-0.1, -0.05) is 0 Å². The third-order valence-corrected chi connectivity index (χ3v) is 3.68. The van der Waals surface area contributed by atoms with E-state index in [0.717, 1.165) is 12.8 Å². The van der Waals surface area contributed by atoms with Crippen molar-refractivity contribution < 1.29 is 9.18 Å². The van der Waals surface area contributed by atoms with Crippen molar-refractivity contribution in [3.8, 4) is 6.07 Å². The average Bonchev–Trinajstić information content (AvgIpc) is 2.88. The summed E-state index contributed by atoms with van der Waals surface area (Å²) in [5, 5.41) is 9.32. The molecule has 0 heterocycles. The van der Waals surface area contributed by atoms with E-state index in [0.29, 0.717) is 18.4 Å². The maximum atomic E-state index is 12.8. The van der Waals surface area contributed by atoms with E-state index in [-0.39, 0.29) is 11.7 Å². The first kappa shape index (κ1) is 12.6. The summed E-state index contributed by atoms with van der Waals surface area (Å²) in [7, 11) is 1.65. The molecule has 0 saturated heterocycles. The Balaban J connectivity index is 2.23. The number of halogens is 1. The maximum Gasteiger partial charge on any atom is 0.254 e. The van der Waals surface area contributed by atoms with Crippen LogP contribution in [0.1, 0.15) is 36.0 Å². The van der Waals surface area contributed by atoms with Crippen molar-refractivity contribution in [3.05, 3.63) is 35.6 Å². The van der Waals surface area contributed by atoms with E-state index in [1.54, 1.807) is 7.05 Å². The Morgan fingerprint density at radius 2 is 1.89 bits per heavy atom. The zero-order chi connectivity index (χ0) is 13.2. The molecule has 1 aromatic carbocycles. The first-order valence-electron chi connectivity index (χ1n) is 6.04. The zero-order valence-electron chi connectivity index (χ0n) is 10.3. The molecule has 0 N–H and O–H groups in total. The summed E-state index contributed by atoms with van der Waals surface area (Å²) in [5.74, 6) is -0.594. The predicted molar refractivity (Wildman–Crippen MR) is 65.3 cm³/mol. The highest BCUT2D eigenvalue weighted by Crippen LogP contribution is 2.34. The number of carbonyl (C=O) groups is 1. The van der Waals surface area contributed by atoms with Gasteiger partial charge < -0.3 is 4.90 Å². The molecule has 1 fully saturated rings. The molecule has 3 nitrogen and oxygen atoms in total. The van der Waals surface area contributed by atoms with Crippen molar-refractivity contribution in [2.75, 3.05) is 7.05 Å². The van der Waals surface area contributed by atoms with Gasteiger partial charge in [0, 0.05) is 12.6 Å². The van der Waals surface area contributed by atoms with Crippen LogP contribution < -0.4 is 0 Å². The number of benzene rings is 1. The van der Waals surface area contributed by atoms with Gasteiger partial charge in [-0.05, 0) is 49.9 Å². The minimum atomic E-state index is -0.689. The van der Waals surface area contributed by atoms with Gasteiger partial charge in [0.2, 0.25) is 0 Å². The topological polar surface area (TPSA) is 44.1 Å². The number of nitriles is 1. The molecule has 1 aliphatic rings. The van der Waals surface area contributed by atoms with Gasteiger partial charge in [-0.3, -0.25) is 4.79 Å². The van der Waals surface area contributed by atoms with Crippen molar-refractivity contribution in [2.45, 2.75) is 31.2 Å². The lowest BCUT2D eigenvalue weighted by Crippen LogP contribution is -2.46. The van der Waals surface area contributed by atoms with Crippen molar-refractivity contribution >= 4 is 5.91 Å². The summed E-state index contributed by atoms with van der Waals surface area (Å²) < 4.78 is 12.8. The monoisotopic (exact) mass is 246 g/mol. The lowest BCUT2D eigenvalue weighted by molar-refractivity contribution is 0.0663.